The average Bonchev–Trinajstić information content (AvgIpc) is 3.19. The summed E-state index contributed by atoms with van der Waals surface area (Å²) in [7, 11) is 0. The molecule has 0 aliphatic rings. The zero-order valence-electron chi connectivity index (χ0n) is 14.9. The van der Waals surface area contributed by atoms with Crippen molar-refractivity contribution in [3.63, 3.8) is 0 Å². The summed E-state index contributed by atoms with van der Waals surface area (Å²) in [5.41, 5.74) is 2.79. The number of pyridine rings is 1. The molecular weight excluding hydrogens is 440 g/mol. The standard InChI is InChI=1S/C16H11F6N5O2S/c1-6-4-8(16(20,21)22)24-14-10(6)11(12(30-14)13(23)29)25-9(28)5-27-3-2-7(26-27)15(17,18)19/h2-4H,5H2,1H3,(H2,23,29)(H,25,28). The highest BCUT2D eigenvalue weighted by molar-refractivity contribution is 7.21. The molecule has 3 heterocycles. The summed E-state index contributed by atoms with van der Waals surface area (Å²) in [6.45, 7) is 0.689. The van der Waals surface area contributed by atoms with Gasteiger partial charge in [-0.15, -0.1) is 11.3 Å². The summed E-state index contributed by atoms with van der Waals surface area (Å²) in [5.74, 6) is -1.88. The van der Waals surface area contributed by atoms with Gasteiger partial charge in [0.15, 0.2) is 5.69 Å². The van der Waals surface area contributed by atoms with Crippen LogP contribution in [0.2, 0.25) is 0 Å². The minimum Gasteiger partial charge on any atom is -0.365 e. The number of halogens is 6. The van der Waals surface area contributed by atoms with Crippen LogP contribution in [0.15, 0.2) is 18.3 Å². The molecule has 0 unspecified atom stereocenters. The summed E-state index contributed by atoms with van der Waals surface area (Å²) < 4.78 is 77.5. The molecule has 0 aromatic carbocycles. The van der Waals surface area contributed by atoms with Crippen molar-refractivity contribution >= 4 is 39.1 Å². The quantitative estimate of drug-likeness (QED) is 0.592. The van der Waals surface area contributed by atoms with Gasteiger partial charge in [0.25, 0.3) is 5.91 Å². The second-order valence-electron chi connectivity index (χ2n) is 6.12. The van der Waals surface area contributed by atoms with Gasteiger partial charge < -0.3 is 11.1 Å². The number of alkyl halides is 6. The zero-order chi connectivity index (χ0) is 22.4. The van der Waals surface area contributed by atoms with Crippen LogP contribution in [0.3, 0.4) is 0 Å². The van der Waals surface area contributed by atoms with Gasteiger partial charge in [0.1, 0.15) is 21.9 Å². The Kier molecular flexibility index (Phi) is 5.22. The largest absolute Gasteiger partial charge is 0.435 e. The smallest absolute Gasteiger partial charge is 0.365 e. The van der Waals surface area contributed by atoms with E-state index in [-0.39, 0.29) is 26.3 Å². The molecule has 0 saturated carbocycles. The highest BCUT2D eigenvalue weighted by atomic mass is 32.1. The van der Waals surface area contributed by atoms with E-state index in [0.29, 0.717) is 17.4 Å². The predicted octanol–water partition coefficient (Wildman–Crippen LogP) is 3.58. The van der Waals surface area contributed by atoms with Crippen molar-refractivity contribution in [3.8, 4) is 0 Å². The van der Waals surface area contributed by atoms with Crippen LogP contribution in [-0.2, 0) is 23.7 Å². The lowest BCUT2D eigenvalue weighted by atomic mass is 10.1. The lowest BCUT2D eigenvalue weighted by Crippen LogP contribution is -2.21. The van der Waals surface area contributed by atoms with E-state index in [1.165, 1.54) is 6.92 Å². The number of carbonyl (C=O) groups is 2. The normalized spacial score (nSPS) is 12.4. The Morgan fingerprint density at radius 1 is 1.17 bits per heavy atom. The maximum atomic E-state index is 13.0. The van der Waals surface area contributed by atoms with Crippen molar-refractivity contribution in [2.24, 2.45) is 5.73 Å². The topological polar surface area (TPSA) is 103 Å². The van der Waals surface area contributed by atoms with Crippen LogP contribution in [0.1, 0.15) is 26.6 Å². The van der Waals surface area contributed by atoms with Gasteiger partial charge in [0.05, 0.1) is 5.69 Å². The third-order valence-corrected chi connectivity index (χ3v) is 4.97. The molecule has 0 fully saturated rings. The van der Waals surface area contributed by atoms with E-state index in [1.807, 2.05) is 0 Å². The zero-order valence-corrected chi connectivity index (χ0v) is 15.7. The van der Waals surface area contributed by atoms with Crippen molar-refractivity contribution < 1.29 is 35.9 Å². The van der Waals surface area contributed by atoms with Crippen LogP contribution in [0.5, 0.6) is 0 Å². The maximum absolute atomic E-state index is 13.0. The van der Waals surface area contributed by atoms with Gasteiger partial charge in [0.2, 0.25) is 5.91 Å². The van der Waals surface area contributed by atoms with Crippen LogP contribution in [0.4, 0.5) is 32.0 Å². The molecule has 7 nitrogen and oxygen atoms in total. The van der Waals surface area contributed by atoms with Gasteiger partial charge >= 0.3 is 12.4 Å². The van der Waals surface area contributed by atoms with Crippen LogP contribution in [0, 0.1) is 6.92 Å². The first kappa shape index (κ1) is 21.5. The molecule has 0 bridgehead atoms. The Balaban J connectivity index is 1.96. The summed E-state index contributed by atoms with van der Waals surface area (Å²) in [5, 5.41) is 5.62. The van der Waals surface area contributed by atoms with Crippen molar-refractivity contribution in [2.75, 3.05) is 5.32 Å². The maximum Gasteiger partial charge on any atom is 0.435 e. The van der Waals surface area contributed by atoms with Gasteiger partial charge in [-0.25, -0.2) is 4.98 Å². The number of aromatic nitrogens is 3. The number of nitrogens with zero attached hydrogens (tertiary/aromatic N) is 3. The van der Waals surface area contributed by atoms with Crippen molar-refractivity contribution in [1.82, 2.24) is 14.8 Å². The van der Waals surface area contributed by atoms with E-state index < -0.39 is 42.1 Å². The van der Waals surface area contributed by atoms with Gasteiger partial charge in [-0.1, -0.05) is 0 Å². The van der Waals surface area contributed by atoms with Crippen molar-refractivity contribution in [1.29, 1.82) is 0 Å². The lowest BCUT2D eigenvalue weighted by Gasteiger charge is -2.10. The number of fused-ring (bicyclic) bond motifs is 1. The molecule has 2 amide bonds. The number of rotatable bonds is 4. The Labute approximate surface area is 167 Å². The minimum absolute atomic E-state index is 0.0739. The second-order valence-corrected chi connectivity index (χ2v) is 7.12. The SMILES string of the molecule is Cc1cc(C(F)(F)F)nc2sc(C(N)=O)c(NC(=O)Cn3ccc(C(F)(F)F)n3)c12. The number of hydrogen-bond donors (Lipinski definition) is 2. The monoisotopic (exact) mass is 451 g/mol. The van der Waals surface area contributed by atoms with Crippen LogP contribution in [0.25, 0.3) is 10.2 Å². The summed E-state index contributed by atoms with van der Waals surface area (Å²) in [6.07, 6.45) is -8.48. The molecule has 30 heavy (non-hydrogen) atoms. The van der Waals surface area contributed by atoms with Crippen LogP contribution in [-0.4, -0.2) is 26.6 Å². The lowest BCUT2D eigenvalue weighted by molar-refractivity contribution is -0.142. The number of thiophene rings is 1. The molecule has 160 valence electrons. The Morgan fingerprint density at radius 3 is 2.33 bits per heavy atom. The van der Waals surface area contributed by atoms with E-state index in [0.717, 1.165) is 16.9 Å². The molecule has 3 aromatic rings. The van der Waals surface area contributed by atoms with E-state index in [1.54, 1.807) is 0 Å². The fourth-order valence-electron chi connectivity index (χ4n) is 2.65. The molecule has 14 heteroatoms. The summed E-state index contributed by atoms with van der Waals surface area (Å²) in [6, 6.07) is 1.42. The van der Waals surface area contributed by atoms with E-state index in [9.17, 15) is 35.9 Å². The first-order valence-corrected chi connectivity index (χ1v) is 8.80. The number of nitrogens with one attached hydrogen (secondary N) is 1. The highest BCUT2D eigenvalue weighted by Crippen LogP contribution is 2.39. The van der Waals surface area contributed by atoms with E-state index in [4.69, 9.17) is 5.73 Å². The second kappa shape index (κ2) is 7.27. The number of amides is 2. The molecule has 0 spiro atoms. The highest BCUT2D eigenvalue weighted by Gasteiger charge is 2.35. The number of hydrogen-bond acceptors (Lipinski definition) is 5. The fourth-order valence-corrected chi connectivity index (χ4v) is 3.71. The number of primary amides is 1. The molecule has 3 N–H and O–H groups in total. The number of aryl methyl sites for hydroxylation is 1. The molecule has 0 atom stereocenters. The summed E-state index contributed by atoms with van der Waals surface area (Å²) >= 11 is 0.561. The predicted molar refractivity (Wildman–Crippen MR) is 93.7 cm³/mol. The van der Waals surface area contributed by atoms with E-state index in [2.05, 4.69) is 15.4 Å². The number of anilines is 1. The molecule has 0 aliphatic carbocycles. The summed E-state index contributed by atoms with van der Waals surface area (Å²) in [4.78, 5) is 27.1. The van der Waals surface area contributed by atoms with Gasteiger partial charge in [0, 0.05) is 11.6 Å². The molecule has 3 aromatic heterocycles. The van der Waals surface area contributed by atoms with Crippen molar-refractivity contribution in [3.05, 3.63) is 40.2 Å². The fraction of sp³-hybridized carbons (Fsp3) is 0.250. The van der Waals surface area contributed by atoms with Gasteiger partial charge in [-0.05, 0) is 24.6 Å². The Bertz CT molecular complexity index is 1150. The van der Waals surface area contributed by atoms with E-state index >= 15 is 0 Å². The third-order valence-electron chi connectivity index (χ3n) is 3.87. The first-order chi connectivity index (χ1) is 13.8. The molecule has 0 saturated heterocycles. The molecule has 0 aliphatic heterocycles. The number of carbonyl (C=O) groups excluding carboxylic acids is 2. The minimum atomic E-state index is -4.73. The van der Waals surface area contributed by atoms with Crippen LogP contribution >= 0.6 is 11.3 Å². The first-order valence-electron chi connectivity index (χ1n) is 7.99. The molecular formula is C16H11F6N5O2S. The molecule has 3 rings (SSSR count). The third kappa shape index (κ3) is 4.22. The molecule has 0 radical (unpaired) electrons. The van der Waals surface area contributed by atoms with Crippen LogP contribution < -0.4 is 11.1 Å². The Hall–Kier alpha value is -3.16. The average molecular weight is 451 g/mol. The number of nitrogens with two attached hydrogens (primary N) is 1. The van der Waals surface area contributed by atoms with Crippen molar-refractivity contribution in [2.45, 2.75) is 25.8 Å². The van der Waals surface area contributed by atoms with Gasteiger partial charge in [-0.2, -0.15) is 31.4 Å². The van der Waals surface area contributed by atoms with Gasteiger partial charge in [-0.3, -0.25) is 14.3 Å². The Morgan fingerprint density at radius 2 is 1.80 bits per heavy atom.